The maximum atomic E-state index is 12.0. The van der Waals surface area contributed by atoms with E-state index in [-0.39, 0.29) is 11.9 Å². The number of thioether (sulfide) groups is 1. The van der Waals surface area contributed by atoms with Crippen LogP contribution in [0.15, 0.2) is 0 Å². The molecule has 0 aromatic carbocycles. The molecule has 0 saturated heterocycles. The van der Waals surface area contributed by atoms with Gasteiger partial charge in [-0.1, -0.05) is 0 Å². The molecule has 0 aromatic rings. The summed E-state index contributed by atoms with van der Waals surface area (Å²) in [6.07, 6.45) is 4.73. The topological polar surface area (TPSA) is 32.3 Å². The van der Waals surface area contributed by atoms with Gasteiger partial charge >= 0.3 is 0 Å². The number of likely N-dealkylation sites (N-methyl/N-ethyl adjacent to an activating group) is 1. The number of hydrogen-bond donors (Lipinski definition) is 1. The number of hydrogen-bond acceptors (Lipinski definition) is 3. The molecule has 16 heavy (non-hydrogen) atoms. The molecule has 1 N–H and O–H groups in total. The van der Waals surface area contributed by atoms with Gasteiger partial charge in [-0.2, -0.15) is 11.8 Å². The van der Waals surface area contributed by atoms with Crippen molar-refractivity contribution in [3.05, 3.63) is 0 Å². The van der Waals surface area contributed by atoms with Gasteiger partial charge in [0.15, 0.2) is 0 Å². The quantitative estimate of drug-likeness (QED) is 0.740. The minimum Gasteiger partial charge on any atom is -0.342 e. The second-order valence-electron chi connectivity index (χ2n) is 4.50. The molecule has 1 amide bonds. The van der Waals surface area contributed by atoms with Crippen molar-refractivity contribution < 1.29 is 4.79 Å². The summed E-state index contributed by atoms with van der Waals surface area (Å²) in [5, 5.41) is 3.37. The summed E-state index contributed by atoms with van der Waals surface area (Å²) >= 11 is 1.92. The van der Waals surface area contributed by atoms with Crippen molar-refractivity contribution in [1.29, 1.82) is 0 Å². The Bertz CT molecular complexity index is 237. The summed E-state index contributed by atoms with van der Waals surface area (Å²) < 4.78 is 0.428. The van der Waals surface area contributed by atoms with E-state index in [1.807, 2.05) is 37.4 Å². The predicted octanol–water partition coefficient (Wildman–Crippen LogP) is 1.73. The van der Waals surface area contributed by atoms with Crippen molar-refractivity contribution in [3.63, 3.8) is 0 Å². The van der Waals surface area contributed by atoms with Crippen LogP contribution in [0, 0.1) is 0 Å². The standard InChI is InChI=1S/C12H24N2OS/c1-5-14(6-2)11(15)10(3)13-9-12(16-4)7-8-12/h10,13H,5-9H2,1-4H3. The monoisotopic (exact) mass is 244 g/mol. The second kappa shape index (κ2) is 5.92. The maximum absolute atomic E-state index is 12.0. The predicted molar refractivity (Wildman–Crippen MR) is 70.9 cm³/mol. The van der Waals surface area contributed by atoms with E-state index in [9.17, 15) is 4.79 Å². The molecule has 4 heteroatoms. The van der Waals surface area contributed by atoms with Gasteiger partial charge in [-0.05, 0) is 39.9 Å². The normalized spacial score (nSPS) is 19.2. The highest BCUT2D eigenvalue weighted by Crippen LogP contribution is 2.46. The van der Waals surface area contributed by atoms with Crippen LogP contribution in [0.3, 0.4) is 0 Å². The highest BCUT2D eigenvalue weighted by atomic mass is 32.2. The highest BCUT2D eigenvalue weighted by Gasteiger charge is 2.41. The molecule has 0 heterocycles. The number of amides is 1. The van der Waals surface area contributed by atoms with E-state index in [0.717, 1.165) is 19.6 Å². The lowest BCUT2D eigenvalue weighted by Gasteiger charge is -2.24. The zero-order valence-electron chi connectivity index (χ0n) is 10.9. The summed E-state index contributed by atoms with van der Waals surface area (Å²) in [7, 11) is 0. The number of nitrogens with zero attached hydrogens (tertiary/aromatic N) is 1. The first-order chi connectivity index (χ1) is 7.58. The lowest BCUT2D eigenvalue weighted by molar-refractivity contribution is -0.132. The van der Waals surface area contributed by atoms with Crippen LogP contribution in [0.25, 0.3) is 0 Å². The van der Waals surface area contributed by atoms with Gasteiger partial charge in [0.2, 0.25) is 5.91 Å². The van der Waals surface area contributed by atoms with Crippen molar-refractivity contribution in [1.82, 2.24) is 10.2 Å². The van der Waals surface area contributed by atoms with Gasteiger partial charge in [0.1, 0.15) is 0 Å². The van der Waals surface area contributed by atoms with Crippen LogP contribution in [-0.2, 0) is 4.79 Å². The Balaban J connectivity index is 2.34. The Morgan fingerprint density at radius 1 is 1.44 bits per heavy atom. The minimum atomic E-state index is -0.0514. The van der Waals surface area contributed by atoms with Crippen molar-refractivity contribution in [3.8, 4) is 0 Å². The zero-order chi connectivity index (χ0) is 12.2. The largest absolute Gasteiger partial charge is 0.342 e. The van der Waals surface area contributed by atoms with Gasteiger partial charge in [0, 0.05) is 24.4 Å². The Labute approximate surface area is 103 Å². The van der Waals surface area contributed by atoms with Crippen LogP contribution in [0.5, 0.6) is 0 Å². The molecule has 1 aliphatic rings. The fourth-order valence-corrected chi connectivity index (χ4v) is 2.57. The lowest BCUT2D eigenvalue weighted by Crippen LogP contribution is -2.46. The van der Waals surface area contributed by atoms with E-state index in [1.54, 1.807) is 0 Å². The highest BCUT2D eigenvalue weighted by molar-refractivity contribution is 8.00. The van der Waals surface area contributed by atoms with Gasteiger partial charge in [-0.3, -0.25) is 4.79 Å². The first-order valence-electron chi connectivity index (χ1n) is 6.16. The smallest absolute Gasteiger partial charge is 0.239 e. The van der Waals surface area contributed by atoms with Crippen molar-refractivity contribution in [2.45, 2.75) is 44.4 Å². The van der Waals surface area contributed by atoms with E-state index in [4.69, 9.17) is 0 Å². The molecule has 0 aromatic heterocycles. The number of nitrogens with one attached hydrogen (secondary N) is 1. The molecule has 94 valence electrons. The fourth-order valence-electron chi connectivity index (χ4n) is 1.83. The second-order valence-corrected chi connectivity index (χ2v) is 5.77. The van der Waals surface area contributed by atoms with Crippen LogP contribution < -0.4 is 5.32 Å². The average molecular weight is 244 g/mol. The van der Waals surface area contributed by atoms with Crippen molar-refractivity contribution in [2.75, 3.05) is 25.9 Å². The third kappa shape index (κ3) is 3.39. The maximum Gasteiger partial charge on any atom is 0.239 e. The molecule has 1 aliphatic carbocycles. The Morgan fingerprint density at radius 2 is 2.00 bits per heavy atom. The molecule has 1 fully saturated rings. The van der Waals surface area contributed by atoms with Gasteiger partial charge in [-0.25, -0.2) is 0 Å². The third-order valence-corrected chi connectivity index (χ3v) is 4.84. The molecule has 0 radical (unpaired) electrons. The summed E-state index contributed by atoms with van der Waals surface area (Å²) in [4.78, 5) is 13.9. The van der Waals surface area contributed by atoms with Gasteiger partial charge in [-0.15, -0.1) is 0 Å². The first-order valence-corrected chi connectivity index (χ1v) is 7.38. The summed E-state index contributed by atoms with van der Waals surface area (Å²) in [6, 6.07) is -0.0514. The van der Waals surface area contributed by atoms with E-state index in [2.05, 4.69) is 11.6 Å². The zero-order valence-corrected chi connectivity index (χ0v) is 11.7. The minimum absolute atomic E-state index is 0.0514. The van der Waals surface area contributed by atoms with Crippen LogP contribution in [0.1, 0.15) is 33.6 Å². The lowest BCUT2D eigenvalue weighted by atomic mass is 10.2. The number of carbonyl (C=O) groups excluding carboxylic acids is 1. The molecule has 1 atom stereocenters. The molecule has 1 unspecified atom stereocenters. The van der Waals surface area contributed by atoms with E-state index in [0.29, 0.717) is 4.75 Å². The van der Waals surface area contributed by atoms with Gasteiger partial charge in [0.25, 0.3) is 0 Å². The Morgan fingerprint density at radius 3 is 2.38 bits per heavy atom. The molecule has 1 saturated carbocycles. The molecule has 0 spiro atoms. The van der Waals surface area contributed by atoms with Gasteiger partial charge < -0.3 is 10.2 Å². The van der Waals surface area contributed by atoms with Crippen molar-refractivity contribution in [2.24, 2.45) is 0 Å². The third-order valence-electron chi connectivity index (χ3n) is 3.42. The van der Waals surface area contributed by atoms with E-state index < -0.39 is 0 Å². The molecule has 3 nitrogen and oxygen atoms in total. The Kier molecular flexibility index (Phi) is 5.12. The van der Waals surface area contributed by atoms with Crippen LogP contribution >= 0.6 is 11.8 Å². The summed E-state index contributed by atoms with van der Waals surface area (Å²) in [5.41, 5.74) is 0. The average Bonchev–Trinajstić information content (AvgIpc) is 3.08. The molecular weight excluding hydrogens is 220 g/mol. The number of carbonyl (C=O) groups is 1. The van der Waals surface area contributed by atoms with Crippen LogP contribution in [0.4, 0.5) is 0 Å². The molecular formula is C12H24N2OS. The molecule has 0 aliphatic heterocycles. The molecule has 0 bridgehead atoms. The van der Waals surface area contributed by atoms with E-state index >= 15 is 0 Å². The van der Waals surface area contributed by atoms with E-state index in [1.165, 1.54) is 12.8 Å². The number of rotatable bonds is 7. The first kappa shape index (κ1) is 13.8. The molecule has 1 rings (SSSR count). The summed E-state index contributed by atoms with van der Waals surface area (Å²) in [5.74, 6) is 0.224. The summed E-state index contributed by atoms with van der Waals surface area (Å²) in [6.45, 7) is 8.58. The SMILES string of the molecule is CCN(CC)C(=O)C(C)NCC1(SC)CC1. The fraction of sp³-hybridized carbons (Fsp3) is 0.917. The van der Waals surface area contributed by atoms with Crippen molar-refractivity contribution >= 4 is 17.7 Å². The van der Waals surface area contributed by atoms with Gasteiger partial charge in [0.05, 0.1) is 6.04 Å². The van der Waals surface area contributed by atoms with Crippen LogP contribution in [-0.4, -0.2) is 47.5 Å². The Hall–Kier alpha value is -0.220. The van der Waals surface area contributed by atoms with Crippen LogP contribution in [0.2, 0.25) is 0 Å².